The fourth-order valence-corrected chi connectivity index (χ4v) is 3.83. The van der Waals surface area contributed by atoms with Crippen molar-refractivity contribution in [3.63, 3.8) is 0 Å². The zero-order chi connectivity index (χ0) is 27.3. The van der Waals surface area contributed by atoms with Crippen molar-refractivity contribution in [2.45, 2.75) is 84.0 Å². The molecular weight excluding hydrogens is 480 g/mol. The van der Waals surface area contributed by atoms with E-state index < -0.39 is 5.97 Å². The molecule has 0 N–H and O–H groups in total. The molecule has 0 saturated carbocycles. The lowest BCUT2D eigenvalue weighted by atomic mass is 10.1. The van der Waals surface area contributed by atoms with Gasteiger partial charge in [0.1, 0.15) is 17.2 Å². The van der Waals surface area contributed by atoms with E-state index in [1.165, 1.54) is 44.6 Å². The molecule has 0 aromatic heterocycles. The first kappa shape index (κ1) is 30.9. The zero-order valence-electron chi connectivity index (χ0n) is 23.0. The maximum atomic E-state index is 12.4. The van der Waals surface area contributed by atoms with Crippen LogP contribution in [0, 0.1) is 0 Å². The summed E-state index contributed by atoms with van der Waals surface area (Å²) in [4.78, 5) is 23.4. The van der Waals surface area contributed by atoms with E-state index in [1.54, 1.807) is 24.3 Å². The van der Waals surface area contributed by atoms with Gasteiger partial charge in [-0.25, -0.2) is 9.59 Å². The minimum atomic E-state index is -0.398. The number of unbranched alkanes of at least 4 members (excludes halogenated alkanes) is 10. The molecule has 2 aromatic rings. The summed E-state index contributed by atoms with van der Waals surface area (Å²) in [6.45, 7) is 7.36. The Kier molecular flexibility index (Phi) is 16.1. The Hall–Kier alpha value is -3.28. The number of carbonyl (C=O) groups excluding carboxylic acids is 2. The fourth-order valence-electron chi connectivity index (χ4n) is 3.83. The third-order valence-corrected chi connectivity index (χ3v) is 6.11. The maximum Gasteiger partial charge on any atom is 0.343 e. The molecule has 0 radical (unpaired) electrons. The van der Waals surface area contributed by atoms with Crippen LogP contribution in [0.5, 0.6) is 17.2 Å². The van der Waals surface area contributed by atoms with E-state index in [0.29, 0.717) is 31.1 Å². The molecule has 2 aromatic carbocycles. The highest BCUT2D eigenvalue weighted by Crippen LogP contribution is 2.20. The molecule has 0 aliphatic rings. The van der Waals surface area contributed by atoms with Crippen LogP contribution in [0.2, 0.25) is 0 Å². The number of hydrogen-bond acceptors (Lipinski definition) is 6. The van der Waals surface area contributed by atoms with Gasteiger partial charge in [-0.15, -0.1) is 0 Å². The van der Waals surface area contributed by atoms with Gasteiger partial charge in [-0.2, -0.15) is 0 Å². The molecule has 38 heavy (non-hydrogen) atoms. The molecule has 6 nitrogen and oxygen atoms in total. The van der Waals surface area contributed by atoms with Crippen molar-refractivity contribution in [2.24, 2.45) is 0 Å². The molecule has 0 saturated heterocycles. The van der Waals surface area contributed by atoms with Crippen LogP contribution in [-0.2, 0) is 9.53 Å². The Morgan fingerprint density at radius 3 is 1.61 bits per heavy atom. The smallest absolute Gasteiger partial charge is 0.343 e. The number of carbonyl (C=O) groups is 2. The van der Waals surface area contributed by atoms with Crippen LogP contribution >= 0.6 is 0 Å². The Bertz CT molecular complexity index is 920. The highest BCUT2D eigenvalue weighted by molar-refractivity contribution is 5.91. The predicted octanol–water partition coefficient (Wildman–Crippen LogP) is 8.09. The monoisotopic (exact) mass is 524 g/mol. The first-order valence-electron chi connectivity index (χ1n) is 14.1. The van der Waals surface area contributed by atoms with E-state index in [1.807, 2.05) is 24.3 Å². The number of esters is 2. The fraction of sp³-hybridized carbons (Fsp3) is 0.500. The SMILES string of the molecule is C=CC(=O)OCCCCCCCCCCCCOc1ccc(C(=O)Oc2ccc(OCCCC)cc2)cc1. The third-order valence-electron chi connectivity index (χ3n) is 6.11. The molecule has 0 atom stereocenters. The minimum absolute atomic E-state index is 0.336. The first-order valence-corrected chi connectivity index (χ1v) is 14.1. The summed E-state index contributed by atoms with van der Waals surface area (Å²) in [5.74, 6) is 1.28. The second kappa shape index (κ2) is 19.8. The van der Waals surface area contributed by atoms with Gasteiger partial charge < -0.3 is 18.9 Å². The standard InChI is InChI=1S/C32H44O6/c1-3-5-24-35-29-20-22-30(23-21-29)38-32(34)27-16-18-28(19-17-27)36-25-14-12-10-8-6-7-9-11-13-15-26-37-31(33)4-2/h4,16-23H,2-3,5-15,24-26H2,1H3. The van der Waals surface area contributed by atoms with Crippen molar-refractivity contribution in [1.82, 2.24) is 0 Å². The second-order valence-corrected chi connectivity index (χ2v) is 9.34. The Labute approximate surface area is 228 Å². The molecule has 2 rings (SSSR count). The number of benzene rings is 2. The van der Waals surface area contributed by atoms with Crippen LogP contribution in [0.3, 0.4) is 0 Å². The van der Waals surface area contributed by atoms with Crippen LogP contribution in [0.4, 0.5) is 0 Å². The lowest BCUT2D eigenvalue weighted by Gasteiger charge is -2.09. The van der Waals surface area contributed by atoms with Gasteiger partial charge in [-0.05, 0) is 67.8 Å². The summed E-state index contributed by atoms with van der Waals surface area (Å²) in [6, 6.07) is 14.2. The van der Waals surface area contributed by atoms with E-state index in [-0.39, 0.29) is 5.97 Å². The Morgan fingerprint density at radius 2 is 1.08 bits per heavy atom. The van der Waals surface area contributed by atoms with Crippen LogP contribution in [0.15, 0.2) is 61.2 Å². The van der Waals surface area contributed by atoms with Crippen molar-refractivity contribution in [3.8, 4) is 17.2 Å². The average molecular weight is 525 g/mol. The van der Waals surface area contributed by atoms with E-state index >= 15 is 0 Å². The molecule has 0 amide bonds. The molecule has 0 spiro atoms. The van der Waals surface area contributed by atoms with Gasteiger partial charge in [-0.1, -0.05) is 71.3 Å². The maximum absolute atomic E-state index is 12.4. The van der Waals surface area contributed by atoms with Crippen molar-refractivity contribution in [2.75, 3.05) is 19.8 Å². The number of rotatable bonds is 21. The summed E-state index contributed by atoms with van der Waals surface area (Å²) >= 11 is 0. The minimum Gasteiger partial charge on any atom is -0.494 e. The average Bonchev–Trinajstić information content (AvgIpc) is 2.94. The van der Waals surface area contributed by atoms with Crippen LogP contribution in [0.25, 0.3) is 0 Å². The quantitative estimate of drug-likeness (QED) is 0.0711. The molecule has 0 aliphatic heterocycles. The molecule has 0 aliphatic carbocycles. The van der Waals surface area contributed by atoms with Crippen molar-refractivity contribution < 1.29 is 28.5 Å². The summed E-state index contributed by atoms with van der Waals surface area (Å²) in [5.41, 5.74) is 0.483. The number of hydrogen-bond donors (Lipinski definition) is 0. The summed E-state index contributed by atoms with van der Waals surface area (Å²) in [7, 11) is 0. The van der Waals surface area contributed by atoms with Crippen molar-refractivity contribution in [3.05, 3.63) is 66.7 Å². The first-order chi connectivity index (χ1) is 18.6. The van der Waals surface area contributed by atoms with E-state index in [0.717, 1.165) is 50.0 Å². The topological polar surface area (TPSA) is 71.1 Å². The van der Waals surface area contributed by atoms with E-state index in [2.05, 4.69) is 13.5 Å². The lowest BCUT2D eigenvalue weighted by Crippen LogP contribution is -2.08. The highest BCUT2D eigenvalue weighted by atomic mass is 16.5. The second-order valence-electron chi connectivity index (χ2n) is 9.34. The molecule has 0 unspecified atom stereocenters. The summed E-state index contributed by atoms with van der Waals surface area (Å²) in [5, 5.41) is 0. The van der Waals surface area contributed by atoms with Crippen LogP contribution in [0.1, 0.15) is 94.3 Å². The summed E-state index contributed by atoms with van der Waals surface area (Å²) in [6.07, 6.45) is 14.9. The molecule has 6 heteroatoms. The molecular formula is C32H44O6. The van der Waals surface area contributed by atoms with Gasteiger partial charge in [0, 0.05) is 6.08 Å². The third kappa shape index (κ3) is 13.9. The largest absolute Gasteiger partial charge is 0.494 e. The zero-order valence-corrected chi connectivity index (χ0v) is 23.0. The van der Waals surface area contributed by atoms with Crippen LogP contribution < -0.4 is 14.2 Å². The van der Waals surface area contributed by atoms with Gasteiger partial charge in [0.15, 0.2) is 0 Å². The molecule has 0 bridgehead atoms. The number of ether oxygens (including phenoxy) is 4. The van der Waals surface area contributed by atoms with Gasteiger partial charge in [0.05, 0.1) is 25.4 Å². The molecule has 208 valence electrons. The van der Waals surface area contributed by atoms with E-state index in [9.17, 15) is 9.59 Å². The van der Waals surface area contributed by atoms with Gasteiger partial charge in [-0.3, -0.25) is 0 Å². The van der Waals surface area contributed by atoms with Crippen LogP contribution in [-0.4, -0.2) is 31.8 Å². The van der Waals surface area contributed by atoms with Gasteiger partial charge >= 0.3 is 11.9 Å². The molecule has 0 fully saturated rings. The highest BCUT2D eigenvalue weighted by Gasteiger charge is 2.09. The normalized spacial score (nSPS) is 10.6. The van der Waals surface area contributed by atoms with E-state index in [4.69, 9.17) is 18.9 Å². The predicted molar refractivity (Wildman–Crippen MR) is 151 cm³/mol. The van der Waals surface area contributed by atoms with Gasteiger partial charge in [0.2, 0.25) is 0 Å². The Morgan fingerprint density at radius 1 is 0.632 bits per heavy atom. The lowest BCUT2D eigenvalue weighted by molar-refractivity contribution is -0.137. The van der Waals surface area contributed by atoms with Gasteiger partial charge in [0.25, 0.3) is 0 Å². The van der Waals surface area contributed by atoms with Crippen molar-refractivity contribution in [1.29, 1.82) is 0 Å². The molecule has 0 heterocycles. The van der Waals surface area contributed by atoms with Crippen molar-refractivity contribution >= 4 is 11.9 Å². The Balaban J connectivity index is 1.49. The summed E-state index contributed by atoms with van der Waals surface area (Å²) < 4.78 is 21.9.